The lowest BCUT2D eigenvalue weighted by atomic mass is 10.2. The number of nitrogens with one attached hydrogen (secondary N) is 2. The van der Waals surface area contributed by atoms with E-state index in [0.717, 1.165) is 16.9 Å². The molecule has 1 aromatic carbocycles. The Balaban J connectivity index is 1.51. The average molecular weight is 348 g/mol. The van der Waals surface area contributed by atoms with Crippen molar-refractivity contribution in [1.82, 2.24) is 15.3 Å². The Kier molecular flexibility index (Phi) is 5.77. The Labute approximate surface area is 152 Å². The zero-order valence-electron chi connectivity index (χ0n) is 14.5. The highest BCUT2D eigenvalue weighted by Crippen LogP contribution is 2.13. The summed E-state index contributed by atoms with van der Waals surface area (Å²) in [4.78, 5) is 20.4. The van der Waals surface area contributed by atoms with Gasteiger partial charge in [-0.3, -0.25) is 9.78 Å². The maximum absolute atomic E-state index is 12.2. The van der Waals surface area contributed by atoms with Crippen molar-refractivity contribution >= 4 is 11.7 Å². The van der Waals surface area contributed by atoms with Crippen molar-refractivity contribution in [2.45, 2.75) is 13.1 Å². The summed E-state index contributed by atoms with van der Waals surface area (Å²) in [5, 5.41) is 6.10. The van der Waals surface area contributed by atoms with E-state index in [1.807, 2.05) is 36.4 Å². The molecule has 0 unspecified atom stereocenters. The minimum Gasteiger partial charge on any atom is -0.497 e. The van der Waals surface area contributed by atoms with Crippen molar-refractivity contribution in [2.24, 2.45) is 0 Å². The summed E-state index contributed by atoms with van der Waals surface area (Å²) in [5.41, 5.74) is 2.64. The van der Waals surface area contributed by atoms with Gasteiger partial charge in [0.1, 0.15) is 11.6 Å². The van der Waals surface area contributed by atoms with Gasteiger partial charge < -0.3 is 15.4 Å². The molecule has 3 rings (SSSR count). The molecule has 0 aliphatic rings. The fraction of sp³-hybridized carbons (Fsp3) is 0.150. The molecule has 2 N–H and O–H groups in total. The van der Waals surface area contributed by atoms with Crippen LogP contribution in [0.15, 0.2) is 67.1 Å². The van der Waals surface area contributed by atoms with Crippen LogP contribution in [0.1, 0.15) is 21.5 Å². The Morgan fingerprint density at radius 3 is 2.35 bits per heavy atom. The van der Waals surface area contributed by atoms with Crippen LogP contribution in [-0.4, -0.2) is 23.0 Å². The van der Waals surface area contributed by atoms with Crippen molar-refractivity contribution in [3.05, 3.63) is 83.8 Å². The lowest BCUT2D eigenvalue weighted by molar-refractivity contribution is 0.0950. The molecular weight excluding hydrogens is 328 g/mol. The van der Waals surface area contributed by atoms with Gasteiger partial charge in [0.25, 0.3) is 5.91 Å². The molecule has 26 heavy (non-hydrogen) atoms. The lowest BCUT2D eigenvalue weighted by Gasteiger charge is -2.08. The van der Waals surface area contributed by atoms with E-state index >= 15 is 0 Å². The van der Waals surface area contributed by atoms with Gasteiger partial charge in [0.05, 0.1) is 12.7 Å². The van der Waals surface area contributed by atoms with Gasteiger partial charge in [0.15, 0.2) is 0 Å². The third-order valence-corrected chi connectivity index (χ3v) is 3.86. The molecule has 6 nitrogen and oxygen atoms in total. The fourth-order valence-corrected chi connectivity index (χ4v) is 2.35. The summed E-state index contributed by atoms with van der Waals surface area (Å²) in [6, 6.07) is 15.1. The summed E-state index contributed by atoms with van der Waals surface area (Å²) >= 11 is 0. The largest absolute Gasteiger partial charge is 0.497 e. The molecule has 0 fully saturated rings. The number of anilines is 1. The topological polar surface area (TPSA) is 76.1 Å². The average Bonchev–Trinajstić information content (AvgIpc) is 2.72. The maximum atomic E-state index is 12.2. The summed E-state index contributed by atoms with van der Waals surface area (Å²) in [6.07, 6.45) is 4.97. The monoisotopic (exact) mass is 348 g/mol. The second-order valence-corrected chi connectivity index (χ2v) is 5.67. The molecule has 0 saturated heterocycles. The van der Waals surface area contributed by atoms with Gasteiger partial charge in [0, 0.05) is 31.7 Å². The van der Waals surface area contributed by atoms with E-state index in [9.17, 15) is 4.79 Å². The minimum atomic E-state index is -0.156. The molecule has 0 aliphatic carbocycles. The molecule has 6 heteroatoms. The van der Waals surface area contributed by atoms with Crippen molar-refractivity contribution in [3.8, 4) is 5.75 Å². The van der Waals surface area contributed by atoms with E-state index in [2.05, 4.69) is 20.6 Å². The third kappa shape index (κ3) is 4.80. The highest BCUT2D eigenvalue weighted by atomic mass is 16.5. The van der Waals surface area contributed by atoms with Crippen molar-refractivity contribution in [3.63, 3.8) is 0 Å². The number of pyridine rings is 2. The van der Waals surface area contributed by atoms with E-state index in [0.29, 0.717) is 24.5 Å². The first-order valence-electron chi connectivity index (χ1n) is 8.24. The van der Waals surface area contributed by atoms with Crippen molar-refractivity contribution in [2.75, 3.05) is 12.4 Å². The van der Waals surface area contributed by atoms with Crippen LogP contribution in [0.4, 0.5) is 5.82 Å². The van der Waals surface area contributed by atoms with Gasteiger partial charge in [-0.2, -0.15) is 0 Å². The molecule has 0 spiro atoms. The Morgan fingerprint density at radius 1 is 0.962 bits per heavy atom. The van der Waals surface area contributed by atoms with Crippen LogP contribution >= 0.6 is 0 Å². The third-order valence-electron chi connectivity index (χ3n) is 3.86. The van der Waals surface area contributed by atoms with Crippen LogP contribution in [0.3, 0.4) is 0 Å². The van der Waals surface area contributed by atoms with Crippen LogP contribution in [0, 0.1) is 0 Å². The molecule has 0 bridgehead atoms. The Bertz CT molecular complexity index is 834. The Morgan fingerprint density at radius 2 is 1.69 bits per heavy atom. The van der Waals surface area contributed by atoms with E-state index in [4.69, 9.17) is 4.74 Å². The number of carbonyl (C=O) groups is 1. The quantitative estimate of drug-likeness (QED) is 0.686. The summed E-state index contributed by atoms with van der Waals surface area (Å²) in [6.45, 7) is 1.10. The van der Waals surface area contributed by atoms with Crippen molar-refractivity contribution in [1.29, 1.82) is 0 Å². The minimum absolute atomic E-state index is 0.156. The molecule has 2 heterocycles. The van der Waals surface area contributed by atoms with Crippen LogP contribution in [0.25, 0.3) is 0 Å². The molecule has 0 aliphatic heterocycles. The molecule has 1 amide bonds. The second-order valence-electron chi connectivity index (χ2n) is 5.67. The second kappa shape index (κ2) is 8.62. The van der Waals surface area contributed by atoms with Gasteiger partial charge in [-0.1, -0.05) is 12.1 Å². The predicted molar refractivity (Wildman–Crippen MR) is 100.0 cm³/mol. The smallest absolute Gasteiger partial charge is 0.253 e. The molecule has 132 valence electrons. The highest BCUT2D eigenvalue weighted by molar-refractivity contribution is 5.93. The standard InChI is InChI=1S/C20H20N4O2/c1-26-18-5-2-15(3-6-18)12-22-19-7-4-17(14-23-19)20(25)24-13-16-8-10-21-11-9-16/h2-11,14H,12-13H2,1H3,(H,22,23)(H,24,25). The number of rotatable bonds is 7. The van der Waals surface area contributed by atoms with E-state index in [1.165, 1.54) is 0 Å². The predicted octanol–water partition coefficient (Wildman–Crippen LogP) is 3.03. The molecule has 0 radical (unpaired) electrons. The van der Waals surface area contributed by atoms with Gasteiger partial charge in [-0.15, -0.1) is 0 Å². The zero-order valence-corrected chi connectivity index (χ0v) is 14.5. The summed E-state index contributed by atoms with van der Waals surface area (Å²) < 4.78 is 5.14. The molecule has 0 atom stereocenters. The number of carbonyl (C=O) groups excluding carboxylic acids is 1. The molecule has 0 saturated carbocycles. The first-order chi connectivity index (χ1) is 12.7. The fourth-order valence-electron chi connectivity index (χ4n) is 2.35. The number of amides is 1. The SMILES string of the molecule is COc1ccc(CNc2ccc(C(=O)NCc3ccncc3)cn2)cc1. The number of hydrogen-bond donors (Lipinski definition) is 2. The summed E-state index contributed by atoms with van der Waals surface area (Å²) in [5.74, 6) is 1.39. The summed E-state index contributed by atoms with van der Waals surface area (Å²) in [7, 11) is 1.64. The number of nitrogens with zero attached hydrogens (tertiary/aromatic N) is 2. The van der Waals surface area contributed by atoms with E-state index in [-0.39, 0.29) is 5.91 Å². The highest BCUT2D eigenvalue weighted by Gasteiger charge is 2.06. The Hall–Kier alpha value is -3.41. The molecule has 2 aromatic heterocycles. The number of hydrogen-bond acceptors (Lipinski definition) is 5. The van der Waals surface area contributed by atoms with Gasteiger partial charge in [-0.05, 0) is 47.5 Å². The number of methoxy groups -OCH3 is 1. The number of ether oxygens (including phenoxy) is 1. The van der Waals surface area contributed by atoms with Crippen LogP contribution in [0.5, 0.6) is 5.75 Å². The van der Waals surface area contributed by atoms with Gasteiger partial charge >= 0.3 is 0 Å². The first kappa shape index (κ1) is 17.4. The van der Waals surface area contributed by atoms with Crippen LogP contribution in [-0.2, 0) is 13.1 Å². The maximum Gasteiger partial charge on any atom is 0.253 e. The van der Waals surface area contributed by atoms with Gasteiger partial charge in [0.2, 0.25) is 0 Å². The van der Waals surface area contributed by atoms with Crippen LogP contribution < -0.4 is 15.4 Å². The number of benzene rings is 1. The zero-order chi connectivity index (χ0) is 18.2. The van der Waals surface area contributed by atoms with Crippen molar-refractivity contribution < 1.29 is 9.53 Å². The molecule has 3 aromatic rings. The van der Waals surface area contributed by atoms with Crippen LogP contribution in [0.2, 0.25) is 0 Å². The van der Waals surface area contributed by atoms with E-state index in [1.54, 1.807) is 37.8 Å². The molecular formula is C20H20N4O2. The first-order valence-corrected chi connectivity index (χ1v) is 8.24. The normalized spacial score (nSPS) is 10.2. The lowest BCUT2D eigenvalue weighted by Crippen LogP contribution is -2.22. The number of aromatic nitrogens is 2. The van der Waals surface area contributed by atoms with E-state index < -0.39 is 0 Å². The van der Waals surface area contributed by atoms with Gasteiger partial charge in [-0.25, -0.2) is 4.98 Å².